The van der Waals surface area contributed by atoms with Gasteiger partial charge in [-0.05, 0) is 12.1 Å². The van der Waals surface area contributed by atoms with Crippen LogP contribution in [0.25, 0.3) is 0 Å². The van der Waals surface area contributed by atoms with Gasteiger partial charge in [-0.2, -0.15) is 10.5 Å². The Kier molecular flexibility index (Phi) is 1.94. The number of nitrogens with zero attached hydrogens (tertiary/aromatic N) is 2. The number of phenolic OH excluding ortho intramolecular Hbond substituents is 1. The van der Waals surface area contributed by atoms with Gasteiger partial charge in [-0.15, -0.1) is 0 Å². The van der Waals surface area contributed by atoms with Crippen LogP contribution < -0.4 is 0 Å². The highest BCUT2D eigenvalue weighted by molar-refractivity contribution is 5.48. The van der Waals surface area contributed by atoms with Gasteiger partial charge < -0.3 is 5.11 Å². The first kappa shape index (κ1) is 8.03. The molecule has 0 aliphatic rings. The lowest BCUT2D eigenvalue weighted by Gasteiger charge is -1.96. The number of phenols is 1. The maximum Gasteiger partial charge on any atom is 0.169 e. The number of halogens is 1. The summed E-state index contributed by atoms with van der Waals surface area (Å²) in [6.07, 6.45) is 0. The molecule has 3 nitrogen and oxygen atoms in total. The summed E-state index contributed by atoms with van der Waals surface area (Å²) in [5, 5.41) is 25.7. The Labute approximate surface area is 67.9 Å². The molecule has 0 bridgehead atoms. The molecule has 0 radical (unpaired) electrons. The van der Waals surface area contributed by atoms with Gasteiger partial charge in [0.05, 0.1) is 17.2 Å². The van der Waals surface area contributed by atoms with Crippen LogP contribution in [0.2, 0.25) is 0 Å². The number of aromatic hydroxyl groups is 1. The second kappa shape index (κ2) is 2.89. The summed E-state index contributed by atoms with van der Waals surface area (Å²) < 4.78 is 12.7. The highest BCUT2D eigenvalue weighted by Crippen LogP contribution is 2.21. The Morgan fingerprint density at radius 3 is 2.42 bits per heavy atom. The predicted molar refractivity (Wildman–Crippen MR) is 37.5 cm³/mol. The molecule has 1 rings (SSSR count). The zero-order valence-electron chi connectivity index (χ0n) is 5.87. The lowest BCUT2D eigenvalue weighted by Crippen LogP contribution is -1.85. The minimum atomic E-state index is -0.953. The molecule has 0 saturated heterocycles. The van der Waals surface area contributed by atoms with Crippen LogP contribution in [-0.4, -0.2) is 5.11 Å². The van der Waals surface area contributed by atoms with Gasteiger partial charge in [-0.25, -0.2) is 4.39 Å². The molecule has 0 atom stereocenters. The average molecular weight is 162 g/mol. The van der Waals surface area contributed by atoms with Crippen LogP contribution in [0.3, 0.4) is 0 Å². The van der Waals surface area contributed by atoms with Crippen LogP contribution in [0.4, 0.5) is 4.39 Å². The smallest absolute Gasteiger partial charge is 0.169 e. The molecule has 0 unspecified atom stereocenters. The van der Waals surface area contributed by atoms with Crippen molar-refractivity contribution in [2.75, 3.05) is 0 Å². The van der Waals surface area contributed by atoms with Crippen LogP contribution in [0, 0.1) is 28.5 Å². The summed E-state index contributed by atoms with van der Waals surface area (Å²) in [5.41, 5.74) is -0.214. The van der Waals surface area contributed by atoms with Gasteiger partial charge in [0.15, 0.2) is 11.6 Å². The van der Waals surface area contributed by atoms with E-state index in [-0.39, 0.29) is 11.1 Å². The summed E-state index contributed by atoms with van der Waals surface area (Å²) in [5.74, 6) is -1.66. The number of hydrogen-bond acceptors (Lipinski definition) is 3. The first-order valence-electron chi connectivity index (χ1n) is 3.01. The summed E-state index contributed by atoms with van der Waals surface area (Å²) in [6, 6.07) is 5.23. The van der Waals surface area contributed by atoms with E-state index in [4.69, 9.17) is 15.6 Å². The van der Waals surface area contributed by atoms with Gasteiger partial charge >= 0.3 is 0 Å². The standard InChI is InChI=1S/C8H3FN2O/c9-7-2-5(3-10)1-6(4-11)8(7)12/h1-2,12H. The molecule has 4 heteroatoms. The molecule has 1 aromatic rings. The third kappa shape index (κ3) is 1.18. The van der Waals surface area contributed by atoms with Crippen molar-refractivity contribution in [2.24, 2.45) is 0 Å². The zero-order chi connectivity index (χ0) is 9.14. The predicted octanol–water partition coefficient (Wildman–Crippen LogP) is 1.27. The Bertz CT molecular complexity index is 401. The Morgan fingerprint density at radius 1 is 1.25 bits per heavy atom. The third-order valence-corrected chi connectivity index (χ3v) is 1.31. The second-order valence-corrected chi connectivity index (χ2v) is 2.08. The van der Waals surface area contributed by atoms with Crippen LogP contribution in [0.15, 0.2) is 12.1 Å². The molecule has 0 amide bonds. The summed E-state index contributed by atoms with van der Waals surface area (Å²) >= 11 is 0. The van der Waals surface area contributed by atoms with E-state index in [0.717, 1.165) is 12.1 Å². The third-order valence-electron chi connectivity index (χ3n) is 1.31. The molecule has 0 aliphatic heterocycles. The summed E-state index contributed by atoms with van der Waals surface area (Å²) in [6.45, 7) is 0. The SMILES string of the molecule is N#Cc1cc(F)c(O)c(C#N)c1. The molecule has 0 heterocycles. The molecule has 1 aromatic carbocycles. The number of hydrogen-bond donors (Lipinski definition) is 1. The lowest BCUT2D eigenvalue weighted by molar-refractivity contribution is 0.430. The first-order chi connectivity index (χ1) is 5.69. The van der Waals surface area contributed by atoms with Crippen molar-refractivity contribution in [1.82, 2.24) is 0 Å². The average Bonchev–Trinajstić information content (AvgIpc) is 2.09. The molecular weight excluding hydrogens is 159 g/mol. The van der Waals surface area contributed by atoms with Gasteiger partial charge in [0.25, 0.3) is 0 Å². The number of rotatable bonds is 0. The maximum absolute atomic E-state index is 12.7. The van der Waals surface area contributed by atoms with Gasteiger partial charge in [0.2, 0.25) is 0 Å². The van der Waals surface area contributed by atoms with Crippen molar-refractivity contribution in [2.45, 2.75) is 0 Å². The van der Waals surface area contributed by atoms with Crippen LogP contribution >= 0.6 is 0 Å². The highest BCUT2D eigenvalue weighted by Gasteiger charge is 2.08. The molecule has 0 aromatic heterocycles. The molecule has 0 fully saturated rings. The van der Waals surface area contributed by atoms with E-state index in [2.05, 4.69) is 0 Å². The highest BCUT2D eigenvalue weighted by atomic mass is 19.1. The van der Waals surface area contributed by atoms with E-state index in [1.165, 1.54) is 0 Å². The molecular formula is C8H3FN2O. The van der Waals surface area contributed by atoms with Crippen molar-refractivity contribution in [1.29, 1.82) is 10.5 Å². The minimum Gasteiger partial charge on any atom is -0.504 e. The zero-order valence-corrected chi connectivity index (χ0v) is 5.87. The van der Waals surface area contributed by atoms with E-state index >= 15 is 0 Å². The number of benzene rings is 1. The lowest BCUT2D eigenvalue weighted by atomic mass is 10.1. The summed E-state index contributed by atoms with van der Waals surface area (Å²) in [7, 11) is 0. The van der Waals surface area contributed by atoms with E-state index in [0.29, 0.717) is 0 Å². The fraction of sp³-hybridized carbons (Fsp3) is 0. The van der Waals surface area contributed by atoms with Gasteiger partial charge in [-0.1, -0.05) is 0 Å². The molecule has 0 saturated carbocycles. The molecule has 0 spiro atoms. The van der Waals surface area contributed by atoms with E-state index in [9.17, 15) is 4.39 Å². The largest absolute Gasteiger partial charge is 0.504 e. The topological polar surface area (TPSA) is 67.8 Å². The van der Waals surface area contributed by atoms with Crippen LogP contribution in [-0.2, 0) is 0 Å². The Balaban J connectivity index is 3.44. The van der Waals surface area contributed by atoms with Crippen LogP contribution in [0.5, 0.6) is 5.75 Å². The molecule has 58 valence electrons. The Hall–Kier alpha value is -2.07. The fourth-order valence-electron chi connectivity index (χ4n) is 0.749. The van der Waals surface area contributed by atoms with Crippen molar-refractivity contribution in [3.63, 3.8) is 0 Å². The van der Waals surface area contributed by atoms with Gasteiger partial charge in [0, 0.05) is 0 Å². The monoisotopic (exact) mass is 162 g/mol. The normalized spacial score (nSPS) is 8.58. The van der Waals surface area contributed by atoms with E-state index in [1.807, 2.05) is 0 Å². The first-order valence-corrected chi connectivity index (χ1v) is 3.01. The van der Waals surface area contributed by atoms with E-state index in [1.54, 1.807) is 12.1 Å². The van der Waals surface area contributed by atoms with E-state index < -0.39 is 11.6 Å². The number of nitriles is 2. The fourth-order valence-corrected chi connectivity index (χ4v) is 0.749. The van der Waals surface area contributed by atoms with Crippen molar-refractivity contribution < 1.29 is 9.50 Å². The van der Waals surface area contributed by atoms with Crippen molar-refractivity contribution in [3.05, 3.63) is 29.1 Å². The maximum atomic E-state index is 12.7. The van der Waals surface area contributed by atoms with Crippen LogP contribution in [0.1, 0.15) is 11.1 Å². The van der Waals surface area contributed by atoms with Crippen molar-refractivity contribution >= 4 is 0 Å². The quantitative estimate of drug-likeness (QED) is 0.624. The Morgan fingerprint density at radius 2 is 1.92 bits per heavy atom. The van der Waals surface area contributed by atoms with Gasteiger partial charge in [0.1, 0.15) is 6.07 Å². The molecule has 0 aliphatic carbocycles. The second-order valence-electron chi connectivity index (χ2n) is 2.08. The molecule has 1 N–H and O–H groups in total. The molecule has 12 heavy (non-hydrogen) atoms. The minimum absolute atomic E-state index is 0.0156. The van der Waals surface area contributed by atoms with Crippen molar-refractivity contribution in [3.8, 4) is 17.9 Å². The summed E-state index contributed by atoms with van der Waals surface area (Å²) in [4.78, 5) is 0. The van der Waals surface area contributed by atoms with Gasteiger partial charge in [-0.3, -0.25) is 0 Å².